The maximum atomic E-state index is 6.15. The second kappa shape index (κ2) is 10.1. The average molecular weight is 479 g/mol. The van der Waals surface area contributed by atoms with Crippen molar-refractivity contribution in [2.75, 3.05) is 34.4 Å². The Hall–Kier alpha value is -3.64. The van der Waals surface area contributed by atoms with E-state index in [2.05, 4.69) is 47.4 Å². The zero-order valence-corrected chi connectivity index (χ0v) is 20.2. The largest absolute Gasteiger partial charge is 0.493 e. The van der Waals surface area contributed by atoms with Crippen LogP contribution in [-0.2, 0) is 6.61 Å². The van der Waals surface area contributed by atoms with E-state index in [0.29, 0.717) is 23.9 Å². The molecule has 2 aliphatic heterocycles. The minimum atomic E-state index is 0. The first kappa shape index (κ1) is 23.5. The number of ether oxygens (including phenoxy) is 4. The molecule has 0 N–H and O–H groups in total. The van der Waals surface area contributed by atoms with E-state index in [4.69, 9.17) is 23.9 Å². The maximum absolute atomic E-state index is 6.15. The van der Waals surface area contributed by atoms with E-state index in [9.17, 15) is 0 Å². The molecule has 0 aromatic heterocycles. The van der Waals surface area contributed by atoms with Gasteiger partial charge in [-0.3, -0.25) is 4.99 Å². The third kappa shape index (κ3) is 4.29. The van der Waals surface area contributed by atoms with Gasteiger partial charge < -0.3 is 23.8 Å². The van der Waals surface area contributed by atoms with Crippen LogP contribution in [0.15, 0.2) is 65.7 Å². The first-order valence-corrected chi connectivity index (χ1v) is 10.9. The van der Waals surface area contributed by atoms with Crippen molar-refractivity contribution in [1.29, 1.82) is 0 Å². The minimum Gasteiger partial charge on any atom is -0.493 e. The van der Waals surface area contributed by atoms with Gasteiger partial charge >= 0.3 is 0 Å². The van der Waals surface area contributed by atoms with Crippen molar-refractivity contribution in [1.82, 2.24) is 4.90 Å². The van der Waals surface area contributed by atoms with Gasteiger partial charge in [-0.05, 0) is 41.5 Å². The van der Waals surface area contributed by atoms with Crippen LogP contribution in [0.25, 0.3) is 11.8 Å². The van der Waals surface area contributed by atoms with Crippen molar-refractivity contribution in [3.05, 3.63) is 82.9 Å². The number of methoxy groups -OCH3 is 3. The molecule has 0 bridgehead atoms. The van der Waals surface area contributed by atoms with Crippen LogP contribution in [0.2, 0.25) is 0 Å². The summed E-state index contributed by atoms with van der Waals surface area (Å²) in [6.45, 7) is 2.06. The molecular formula is C27H27ClN2O4. The van der Waals surface area contributed by atoms with E-state index in [0.717, 1.165) is 41.5 Å². The Labute approximate surface area is 205 Å². The number of fused-ring (bicyclic) bond motifs is 3. The Kier molecular flexibility index (Phi) is 6.98. The normalized spacial score (nSPS) is 13.7. The predicted octanol–water partition coefficient (Wildman–Crippen LogP) is 5.29. The monoisotopic (exact) mass is 478 g/mol. The zero-order valence-electron chi connectivity index (χ0n) is 19.4. The SMILES string of the molecule is COc1cc(COc2cccc(C3=Cc4ccccc4C4=NCCN34)c2)cc(OC)c1OC.Cl. The van der Waals surface area contributed by atoms with Gasteiger partial charge in [-0.15, -0.1) is 12.4 Å². The molecule has 0 amide bonds. The summed E-state index contributed by atoms with van der Waals surface area (Å²) in [6.07, 6.45) is 2.23. The van der Waals surface area contributed by atoms with Crippen LogP contribution >= 0.6 is 12.4 Å². The van der Waals surface area contributed by atoms with Crippen molar-refractivity contribution in [3.63, 3.8) is 0 Å². The van der Waals surface area contributed by atoms with Crippen molar-refractivity contribution in [2.45, 2.75) is 6.61 Å². The smallest absolute Gasteiger partial charge is 0.203 e. The average Bonchev–Trinajstić information content (AvgIpc) is 3.37. The minimum absolute atomic E-state index is 0. The molecule has 176 valence electrons. The van der Waals surface area contributed by atoms with E-state index in [1.54, 1.807) is 21.3 Å². The van der Waals surface area contributed by atoms with E-state index in [1.807, 2.05) is 24.3 Å². The van der Waals surface area contributed by atoms with Gasteiger partial charge in [0, 0.05) is 17.7 Å². The lowest BCUT2D eigenvalue weighted by molar-refractivity contribution is 0.298. The molecule has 0 atom stereocenters. The van der Waals surface area contributed by atoms with Crippen LogP contribution in [0, 0.1) is 0 Å². The van der Waals surface area contributed by atoms with Gasteiger partial charge in [-0.2, -0.15) is 0 Å². The molecule has 3 aromatic carbocycles. The van der Waals surface area contributed by atoms with Crippen molar-refractivity contribution in [2.24, 2.45) is 4.99 Å². The van der Waals surface area contributed by atoms with Gasteiger partial charge in [-0.25, -0.2) is 0 Å². The van der Waals surface area contributed by atoms with Gasteiger partial charge in [0.2, 0.25) is 5.75 Å². The summed E-state index contributed by atoms with van der Waals surface area (Å²) in [4.78, 5) is 7.05. The molecule has 7 heteroatoms. The number of benzene rings is 3. The molecule has 0 saturated heterocycles. The number of rotatable bonds is 7. The van der Waals surface area contributed by atoms with Crippen LogP contribution in [0.1, 0.15) is 22.3 Å². The molecule has 0 aliphatic carbocycles. The number of halogens is 1. The van der Waals surface area contributed by atoms with Crippen LogP contribution in [0.5, 0.6) is 23.0 Å². The fourth-order valence-corrected chi connectivity index (χ4v) is 4.33. The summed E-state index contributed by atoms with van der Waals surface area (Å²) in [6, 6.07) is 20.4. The lowest BCUT2D eigenvalue weighted by Crippen LogP contribution is -2.30. The molecule has 2 heterocycles. The lowest BCUT2D eigenvalue weighted by Gasteiger charge is -2.29. The quantitative estimate of drug-likeness (QED) is 0.462. The highest BCUT2D eigenvalue weighted by Crippen LogP contribution is 2.39. The Balaban J connectivity index is 0.00000274. The van der Waals surface area contributed by atoms with E-state index >= 15 is 0 Å². The molecule has 0 spiro atoms. The molecule has 3 aromatic rings. The Bertz CT molecular complexity index is 1230. The zero-order chi connectivity index (χ0) is 22.8. The summed E-state index contributed by atoms with van der Waals surface area (Å²) >= 11 is 0. The molecule has 0 fully saturated rings. The first-order valence-electron chi connectivity index (χ1n) is 10.9. The lowest BCUT2D eigenvalue weighted by atomic mass is 9.97. The second-order valence-corrected chi connectivity index (χ2v) is 7.82. The molecule has 6 nitrogen and oxygen atoms in total. The third-order valence-corrected chi connectivity index (χ3v) is 5.89. The number of aliphatic imine (C=N–C) groups is 1. The molecule has 0 unspecified atom stereocenters. The highest BCUT2D eigenvalue weighted by Gasteiger charge is 2.28. The molecule has 5 rings (SSSR count). The van der Waals surface area contributed by atoms with Gasteiger partial charge in [-0.1, -0.05) is 36.4 Å². The standard InChI is InChI=1S/C27H26N2O4.ClH/c1-30-24-13-18(14-25(31-2)26(24)32-3)17-33-21-9-6-8-20(15-21)23-16-19-7-4-5-10-22(19)27-28-11-12-29(23)27;/h4-10,13-16H,11-12,17H2,1-3H3;1H. The summed E-state index contributed by atoms with van der Waals surface area (Å²) < 4.78 is 22.5. The van der Waals surface area contributed by atoms with Crippen LogP contribution in [-0.4, -0.2) is 45.2 Å². The van der Waals surface area contributed by atoms with Crippen molar-refractivity contribution < 1.29 is 18.9 Å². The highest BCUT2D eigenvalue weighted by atomic mass is 35.5. The van der Waals surface area contributed by atoms with E-state index in [1.165, 1.54) is 11.1 Å². The van der Waals surface area contributed by atoms with Gasteiger partial charge in [0.25, 0.3) is 0 Å². The number of hydrogen-bond acceptors (Lipinski definition) is 6. The number of hydrogen-bond donors (Lipinski definition) is 0. The summed E-state index contributed by atoms with van der Waals surface area (Å²) in [5.41, 5.74) is 5.54. The van der Waals surface area contributed by atoms with Crippen molar-refractivity contribution >= 4 is 30.0 Å². The van der Waals surface area contributed by atoms with Crippen LogP contribution in [0.3, 0.4) is 0 Å². The molecule has 0 radical (unpaired) electrons. The van der Waals surface area contributed by atoms with Crippen molar-refractivity contribution in [3.8, 4) is 23.0 Å². The van der Waals surface area contributed by atoms with Crippen LogP contribution in [0.4, 0.5) is 0 Å². The summed E-state index contributed by atoms with van der Waals surface area (Å²) in [5, 5.41) is 0. The fraction of sp³-hybridized carbons (Fsp3) is 0.222. The topological polar surface area (TPSA) is 52.5 Å². The molecule has 34 heavy (non-hydrogen) atoms. The van der Waals surface area contributed by atoms with E-state index < -0.39 is 0 Å². The number of nitrogens with zero attached hydrogens (tertiary/aromatic N) is 2. The predicted molar refractivity (Wildman–Crippen MR) is 137 cm³/mol. The van der Waals surface area contributed by atoms with E-state index in [-0.39, 0.29) is 12.4 Å². The molecule has 2 aliphatic rings. The van der Waals surface area contributed by atoms with Crippen LogP contribution < -0.4 is 18.9 Å². The Morgan fingerprint density at radius 1 is 0.882 bits per heavy atom. The second-order valence-electron chi connectivity index (χ2n) is 7.82. The molecule has 0 saturated carbocycles. The summed E-state index contributed by atoms with van der Waals surface area (Å²) in [7, 11) is 4.81. The van der Waals surface area contributed by atoms with Gasteiger partial charge in [0.1, 0.15) is 18.2 Å². The Morgan fingerprint density at radius 2 is 1.65 bits per heavy atom. The Morgan fingerprint density at radius 3 is 2.38 bits per heavy atom. The molecular weight excluding hydrogens is 452 g/mol. The van der Waals surface area contributed by atoms with Gasteiger partial charge in [0.15, 0.2) is 11.5 Å². The fourth-order valence-electron chi connectivity index (χ4n) is 4.33. The maximum Gasteiger partial charge on any atom is 0.203 e. The first-order chi connectivity index (χ1) is 16.2. The summed E-state index contributed by atoms with van der Waals surface area (Å²) in [5.74, 6) is 3.62. The highest BCUT2D eigenvalue weighted by molar-refractivity contribution is 6.12. The van der Waals surface area contributed by atoms with Gasteiger partial charge in [0.05, 0.1) is 33.6 Å². The number of amidine groups is 1. The third-order valence-electron chi connectivity index (χ3n) is 5.89.